The second-order valence-corrected chi connectivity index (χ2v) is 6.29. The van der Waals surface area contributed by atoms with E-state index >= 15 is 0 Å². The number of hydrogen-bond acceptors (Lipinski definition) is 3. The molecule has 1 aliphatic rings. The summed E-state index contributed by atoms with van der Waals surface area (Å²) in [4.78, 5) is 16.9. The lowest BCUT2D eigenvalue weighted by Crippen LogP contribution is -2.45. The van der Waals surface area contributed by atoms with Gasteiger partial charge in [-0.2, -0.15) is 0 Å². The molecular weight excluding hydrogens is 238 g/mol. The SMILES string of the molecule is CCCN(CCN(C)C)C(=O)C1CCC(N)CC1C. The largest absolute Gasteiger partial charge is 0.341 e. The van der Waals surface area contributed by atoms with Crippen LogP contribution in [0.25, 0.3) is 0 Å². The molecule has 0 spiro atoms. The Kier molecular flexibility index (Phi) is 6.80. The molecule has 1 rings (SSSR count). The molecule has 0 bridgehead atoms. The van der Waals surface area contributed by atoms with Crippen molar-refractivity contribution in [2.45, 2.75) is 45.6 Å². The second-order valence-electron chi connectivity index (χ2n) is 6.29. The minimum atomic E-state index is 0.188. The van der Waals surface area contributed by atoms with Gasteiger partial charge < -0.3 is 15.5 Å². The number of likely N-dealkylation sites (N-methyl/N-ethyl adjacent to an activating group) is 1. The molecule has 2 N–H and O–H groups in total. The zero-order valence-electron chi connectivity index (χ0n) is 13.1. The van der Waals surface area contributed by atoms with Crippen molar-refractivity contribution in [3.63, 3.8) is 0 Å². The third-order valence-electron chi connectivity index (χ3n) is 4.15. The quantitative estimate of drug-likeness (QED) is 0.796. The summed E-state index contributed by atoms with van der Waals surface area (Å²) in [5.74, 6) is 0.964. The molecule has 1 aliphatic carbocycles. The zero-order valence-corrected chi connectivity index (χ0v) is 13.1. The molecule has 0 aromatic carbocycles. The second kappa shape index (κ2) is 7.85. The summed E-state index contributed by atoms with van der Waals surface area (Å²) in [6.45, 7) is 6.97. The Labute approximate surface area is 118 Å². The van der Waals surface area contributed by atoms with Crippen molar-refractivity contribution >= 4 is 5.91 Å². The lowest BCUT2D eigenvalue weighted by atomic mass is 9.77. The molecule has 0 heterocycles. The molecule has 3 atom stereocenters. The van der Waals surface area contributed by atoms with Gasteiger partial charge in [0.1, 0.15) is 0 Å². The van der Waals surface area contributed by atoms with E-state index in [4.69, 9.17) is 5.73 Å². The van der Waals surface area contributed by atoms with Gasteiger partial charge in [-0.05, 0) is 45.7 Å². The van der Waals surface area contributed by atoms with Crippen molar-refractivity contribution in [2.24, 2.45) is 17.6 Å². The maximum Gasteiger partial charge on any atom is 0.225 e. The zero-order chi connectivity index (χ0) is 14.4. The maximum atomic E-state index is 12.7. The van der Waals surface area contributed by atoms with Crippen molar-refractivity contribution < 1.29 is 4.79 Å². The summed E-state index contributed by atoms with van der Waals surface area (Å²) < 4.78 is 0. The van der Waals surface area contributed by atoms with Crippen LogP contribution in [0, 0.1) is 11.8 Å². The van der Waals surface area contributed by atoms with Crippen LogP contribution in [0.4, 0.5) is 0 Å². The summed E-state index contributed by atoms with van der Waals surface area (Å²) in [7, 11) is 4.10. The summed E-state index contributed by atoms with van der Waals surface area (Å²) in [6, 6.07) is 0.292. The highest BCUT2D eigenvalue weighted by Gasteiger charge is 2.33. The smallest absolute Gasteiger partial charge is 0.225 e. The monoisotopic (exact) mass is 269 g/mol. The molecule has 0 saturated heterocycles. The highest BCUT2D eigenvalue weighted by Crippen LogP contribution is 2.30. The molecule has 1 saturated carbocycles. The Bertz CT molecular complexity index is 281. The van der Waals surface area contributed by atoms with Gasteiger partial charge >= 0.3 is 0 Å². The van der Waals surface area contributed by atoms with E-state index < -0.39 is 0 Å². The van der Waals surface area contributed by atoms with E-state index in [-0.39, 0.29) is 5.92 Å². The van der Waals surface area contributed by atoms with Crippen LogP contribution in [0.2, 0.25) is 0 Å². The fourth-order valence-corrected chi connectivity index (χ4v) is 2.96. The van der Waals surface area contributed by atoms with Crippen LogP contribution in [0.15, 0.2) is 0 Å². The van der Waals surface area contributed by atoms with Gasteiger partial charge in [-0.25, -0.2) is 0 Å². The van der Waals surface area contributed by atoms with E-state index in [1.54, 1.807) is 0 Å². The van der Waals surface area contributed by atoms with Gasteiger partial charge in [0.2, 0.25) is 5.91 Å². The van der Waals surface area contributed by atoms with Gasteiger partial charge in [-0.3, -0.25) is 4.79 Å². The van der Waals surface area contributed by atoms with E-state index in [1.165, 1.54) is 0 Å². The van der Waals surface area contributed by atoms with Gasteiger partial charge in [0.15, 0.2) is 0 Å². The molecule has 1 fully saturated rings. The van der Waals surface area contributed by atoms with Crippen molar-refractivity contribution in [1.29, 1.82) is 0 Å². The molecular formula is C15H31N3O. The van der Waals surface area contributed by atoms with Crippen LogP contribution < -0.4 is 5.73 Å². The van der Waals surface area contributed by atoms with E-state index in [9.17, 15) is 4.79 Å². The van der Waals surface area contributed by atoms with Crippen molar-refractivity contribution in [3.05, 3.63) is 0 Å². The number of nitrogens with zero attached hydrogens (tertiary/aromatic N) is 2. The Morgan fingerprint density at radius 2 is 1.89 bits per heavy atom. The fraction of sp³-hybridized carbons (Fsp3) is 0.933. The van der Waals surface area contributed by atoms with Crippen LogP contribution in [0.5, 0.6) is 0 Å². The third kappa shape index (κ3) is 5.11. The average molecular weight is 269 g/mol. The van der Waals surface area contributed by atoms with E-state index in [1.807, 2.05) is 0 Å². The number of nitrogens with two attached hydrogens (primary N) is 1. The highest BCUT2D eigenvalue weighted by atomic mass is 16.2. The van der Waals surface area contributed by atoms with Crippen LogP contribution in [0.1, 0.15) is 39.5 Å². The summed E-state index contributed by atoms with van der Waals surface area (Å²) in [5, 5.41) is 0. The van der Waals surface area contributed by atoms with Crippen molar-refractivity contribution in [1.82, 2.24) is 9.80 Å². The van der Waals surface area contributed by atoms with E-state index in [0.29, 0.717) is 17.9 Å². The summed E-state index contributed by atoms with van der Waals surface area (Å²) in [5.41, 5.74) is 5.99. The lowest BCUT2D eigenvalue weighted by Gasteiger charge is -2.35. The number of carbonyl (C=O) groups is 1. The van der Waals surface area contributed by atoms with Gasteiger partial charge in [0.25, 0.3) is 0 Å². The Morgan fingerprint density at radius 3 is 2.42 bits per heavy atom. The topological polar surface area (TPSA) is 49.6 Å². The van der Waals surface area contributed by atoms with Gasteiger partial charge in [-0.15, -0.1) is 0 Å². The summed E-state index contributed by atoms with van der Waals surface area (Å²) in [6.07, 6.45) is 3.97. The molecule has 0 radical (unpaired) electrons. The minimum absolute atomic E-state index is 0.188. The molecule has 0 aliphatic heterocycles. The number of amides is 1. The average Bonchev–Trinajstić information content (AvgIpc) is 2.33. The Hall–Kier alpha value is -0.610. The van der Waals surface area contributed by atoms with Crippen molar-refractivity contribution in [2.75, 3.05) is 33.7 Å². The summed E-state index contributed by atoms with van der Waals surface area (Å²) >= 11 is 0. The van der Waals surface area contributed by atoms with Gasteiger partial charge in [-0.1, -0.05) is 13.8 Å². The van der Waals surface area contributed by atoms with Crippen LogP contribution in [-0.2, 0) is 4.79 Å². The van der Waals surface area contributed by atoms with Crippen molar-refractivity contribution in [3.8, 4) is 0 Å². The normalized spacial score (nSPS) is 27.6. The molecule has 4 heteroatoms. The lowest BCUT2D eigenvalue weighted by molar-refractivity contribution is -0.138. The molecule has 19 heavy (non-hydrogen) atoms. The first-order chi connectivity index (χ1) is 8.95. The standard InChI is InChI=1S/C15H31N3O/c1-5-8-18(10-9-17(3)4)15(19)14-7-6-13(16)11-12(14)2/h12-14H,5-11,16H2,1-4H3. The number of hydrogen-bond donors (Lipinski definition) is 1. The maximum absolute atomic E-state index is 12.7. The number of carbonyl (C=O) groups excluding carboxylic acids is 1. The van der Waals surface area contributed by atoms with E-state index in [2.05, 4.69) is 37.7 Å². The van der Waals surface area contributed by atoms with Gasteiger partial charge in [0, 0.05) is 31.6 Å². The Balaban J connectivity index is 2.59. The first kappa shape index (κ1) is 16.4. The van der Waals surface area contributed by atoms with Crippen LogP contribution >= 0.6 is 0 Å². The van der Waals surface area contributed by atoms with Gasteiger partial charge in [0.05, 0.1) is 0 Å². The Morgan fingerprint density at radius 1 is 1.21 bits per heavy atom. The highest BCUT2D eigenvalue weighted by molar-refractivity contribution is 5.79. The molecule has 3 unspecified atom stereocenters. The molecule has 0 aromatic heterocycles. The third-order valence-corrected chi connectivity index (χ3v) is 4.15. The molecule has 0 aromatic rings. The minimum Gasteiger partial charge on any atom is -0.341 e. The first-order valence-corrected chi connectivity index (χ1v) is 7.64. The van der Waals surface area contributed by atoms with Crippen LogP contribution in [-0.4, -0.2) is 55.5 Å². The van der Waals surface area contributed by atoms with E-state index in [0.717, 1.165) is 45.3 Å². The molecule has 112 valence electrons. The fourth-order valence-electron chi connectivity index (χ4n) is 2.96. The van der Waals surface area contributed by atoms with Crippen LogP contribution in [0.3, 0.4) is 0 Å². The predicted octanol–water partition coefficient (Wildman–Crippen LogP) is 1.55. The molecule has 1 amide bonds. The number of rotatable bonds is 6. The first-order valence-electron chi connectivity index (χ1n) is 7.64. The predicted molar refractivity (Wildman–Crippen MR) is 79.9 cm³/mol. The molecule has 4 nitrogen and oxygen atoms in total.